The first-order valence-corrected chi connectivity index (χ1v) is 5.70. The molecule has 0 unspecified atom stereocenters. The molecule has 0 bridgehead atoms. The third-order valence-corrected chi connectivity index (χ3v) is 2.07. The highest BCUT2D eigenvalue weighted by Gasteiger charge is 2.30. The van der Waals surface area contributed by atoms with Gasteiger partial charge in [-0.25, -0.2) is 0 Å². The third kappa shape index (κ3) is 5.19. The number of aryl methyl sites for hydroxylation is 1. The summed E-state index contributed by atoms with van der Waals surface area (Å²) >= 11 is 0. The molecule has 1 aromatic carbocycles. The van der Waals surface area contributed by atoms with Crippen LogP contribution in [0.15, 0.2) is 24.3 Å². The van der Waals surface area contributed by atoms with Crippen LogP contribution in [0.1, 0.15) is 44.7 Å². The molecule has 92 valence electrons. The van der Waals surface area contributed by atoms with E-state index in [0.29, 0.717) is 0 Å². The predicted octanol–water partition coefficient (Wildman–Crippen LogP) is 5.07. The minimum atomic E-state index is -4.22. The van der Waals surface area contributed by atoms with Crippen LogP contribution in [0.25, 0.3) is 0 Å². The van der Waals surface area contributed by atoms with Crippen LogP contribution in [0.5, 0.6) is 0 Å². The van der Waals surface area contributed by atoms with Crippen molar-refractivity contribution >= 4 is 0 Å². The Bertz CT molecular complexity index is 289. The molecule has 1 aromatic rings. The zero-order valence-electron chi connectivity index (χ0n) is 10.1. The molecule has 0 spiro atoms. The highest BCUT2D eigenvalue weighted by atomic mass is 19.4. The molecular formula is C13H19F3. The van der Waals surface area contributed by atoms with E-state index in [2.05, 4.69) is 0 Å². The average Bonchev–Trinajstić information content (AvgIpc) is 2.28. The summed E-state index contributed by atoms with van der Waals surface area (Å²) in [5, 5.41) is 0. The Morgan fingerprint density at radius 3 is 2.25 bits per heavy atom. The van der Waals surface area contributed by atoms with Crippen LogP contribution in [-0.4, -0.2) is 0 Å². The standard InChI is InChI=1S/C11H13F3.C2H6/c1-2-3-5-9-6-4-7-10(8-9)11(12,13)14;1-2/h4,6-8H,2-3,5H2,1H3;1-2H3. The first-order chi connectivity index (χ1) is 7.54. The Labute approximate surface area is 95.5 Å². The van der Waals surface area contributed by atoms with Gasteiger partial charge in [0.2, 0.25) is 0 Å². The molecule has 0 aromatic heterocycles. The van der Waals surface area contributed by atoms with E-state index >= 15 is 0 Å². The maximum atomic E-state index is 12.3. The number of halogens is 3. The van der Waals surface area contributed by atoms with Gasteiger partial charge in [-0.15, -0.1) is 0 Å². The van der Waals surface area contributed by atoms with Crippen LogP contribution >= 0.6 is 0 Å². The normalized spacial score (nSPS) is 10.6. The first kappa shape index (κ1) is 15.0. The first-order valence-electron chi connectivity index (χ1n) is 5.70. The third-order valence-electron chi connectivity index (χ3n) is 2.07. The van der Waals surface area contributed by atoms with Crippen LogP contribution in [0.2, 0.25) is 0 Å². The molecule has 0 N–H and O–H groups in total. The Morgan fingerprint density at radius 2 is 1.75 bits per heavy atom. The second-order valence-electron chi connectivity index (χ2n) is 3.30. The Kier molecular flexibility index (Phi) is 6.86. The monoisotopic (exact) mass is 232 g/mol. The number of rotatable bonds is 3. The number of hydrogen-bond donors (Lipinski definition) is 0. The molecule has 0 atom stereocenters. The Hall–Kier alpha value is -0.990. The van der Waals surface area contributed by atoms with Crippen LogP contribution < -0.4 is 0 Å². The molecule has 0 amide bonds. The fourth-order valence-corrected chi connectivity index (χ4v) is 1.28. The highest BCUT2D eigenvalue weighted by molar-refractivity contribution is 5.25. The van der Waals surface area contributed by atoms with E-state index in [-0.39, 0.29) is 0 Å². The van der Waals surface area contributed by atoms with Gasteiger partial charge in [-0.3, -0.25) is 0 Å². The topological polar surface area (TPSA) is 0 Å². The fraction of sp³-hybridized carbons (Fsp3) is 0.538. The van der Waals surface area contributed by atoms with Gasteiger partial charge in [0.15, 0.2) is 0 Å². The van der Waals surface area contributed by atoms with Crippen molar-refractivity contribution in [1.29, 1.82) is 0 Å². The lowest BCUT2D eigenvalue weighted by atomic mass is 10.1. The number of hydrogen-bond acceptors (Lipinski definition) is 0. The summed E-state index contributed by atoms with van der Waals surface area (Å²) in [6.07, 6.45) is -1.57. The van der Waals surface area contributed by atoms with Gasteiger partial charge in [-0.05, 0) is 24.5 Å². The lowest BCUT2D eigenvalue weighted by molar-refractivity contribution is -0.137. The second-order valence-corrected chi connectivity index (χ2v) is 3.30. The van der Waals surface area contributed by atoms with Crippen LogP contribution in [0.3, 0.4) is 0 Å². The lowest BCUT2D eigenvalue weighted by Crippen LogP contribution is -2.05. The SMILES string of the molecule is CC.CCCCc1cccc(C(F)(F)F)c1. The Balaban J connectivity index is 0.00000106. The minimum absolute atomic E-state index is 0.550. The van der Waals surface area contributed by atoms with Gasteiger partial charge in [0.05, 0.1) is 5.56 Å². The smallest absolute Gasteiger partial charge is 0.166 e. The van der Waals surface area contributed by atoms with Crippen molar-refractivity contribution in [3.8, 4) is 0 Å². The molecule has 0 aliphatic carbocycles. The van der Waals surface area contributed by atoms with E-state index in [1.165, 1.54) is 12.1 Å². The average molecular weight is 232 g/mol. The van der Waals surface area contributed by atoms with Crippen molar-refractivity contribution in [2.75, 3.05) is 0 Å². The van der Waals surface area contributed by atoms with Gasteiger partial charge in [0, 0.05) is 0 Å². The van der Waals surface area contributed by atoms with Crippen molar-refractivity contribution in [3.63, 3.8) is 0 Å². The van der Waals surface area contributed by atoms with Gasteiger partial charge < -0.3 is 0 Å². The zero-order valence-corrected chi connectivity index (χ0v) is 10.1. The summed E-state index contributed by atoms with van der Waals surface area (Å²) in [5.41, 5.74) is 0.216. The van der Waals surface area contributed by atoms with Gasteiger partial charge in [0.1, 0.15) is 0 Å². The molecular weight excluding hydrogens is 213 g/mol. The molecule has 3 heteroatoms. The summed E-state index contributed by atoms with van der Waals surface area (Å²) < 4.78 is 36.9. The lowest BCUT2D eigenvalue weighted by Gasteiger charge is -2.08. The molecule has 0 heterocycles. The molecule has 0 nitrogen and oxygen atoms in total. The van der Waals surface area contributed by atoms with Crippen molar-refractivity contribution in [1.82, 2.24) is 0 Å². The van der Waals surface area contributed by atoms with Crippen molar-refractivity contribution in [2.24, 2.45) is 0 Å². The highest BCUT2D eigenvalue weighted by Crippen LogP contribution is 2.29. The van der Waals surface area contributed by atoms with Crippen molar-refractivity contribution in [3.05, 3.63) is 35.4 Å². The maximum Gasteiger partial charge on any atom is 0.416 e. The molecule has 0 aliphatic rings. The van der Waals surface area contributed by atoms with Gasteiger partial charge in [-0.2, -0.15) is 13.2 Å². The molecule has 16 heavy (non-hydrogen) atoms. The molecule has 0 aliphatic heterocycles. The van der Waals surface area contributed by atoms with Gasteiger partial charge >= 0.3 is 6.18 Å². The summed E-state index contributed by atoms with van der Waals surface area (Å²) in [6.45, 7) is 6.02. The second kappa shape index (κ2) is 7.31. The molecule has 1 rings (SSSR count). The van der Waals surface area contributed by atoms with E-state index in [0.717, 1.165) is 30.9 Å². The van der Waals surface area contributed by atoms with Crippen molar-refractivity contribution in [2.45, 2.75) is 46.2 Å². The van der Waals surface area contributed by atoms with Crippen LogP contribution in [0.4, 0.5) is 13.2 Å². The molecule has 0 saturated carbocycles. The van der Waals surface area contributed by atoms with E-state index in [1.807, 2.05) is 20.8 Å². The number of alkyl halides is 3. The van der Waals surface area contributed by atoms with E-state index < -0.39 is 11.7 Å². The largest absolute Gasteiger partial charge is 0.416 e. The summed E-state index contributed by atoms with van der Waals surface area (Å²) in [7, 11) is 0. The fourth-order valence-electron chi connectivity index (χ4n) is 1.28. The summed E-state index contributed by atoms with van der Waals surface area (Å²) in [4.78, 5) is 0. The molecule has 0 saturated heterocycles. The van der Waals surface area contributed by atoms with Crippen LogP contribution in [0, 0.1) is 0 Å². The van der Waals surface area contributed by atoms with E-state index in [4.69, 9.17) is 0 Å². The van der Waals surface area contributed by atoms with Gasteiger partial charge in [-0.1, -0.05) is 45.4 Å². The number of unbranched alkanes of at least 4 members (excludes halogenated alkanes) is 1. The minimum Gasteiger partial charge on any atom is -0.166 e. The summed E-state index contributed by atoms with van der Waals surface area (Å²) in [6, 6.07) is 5.55. The van der Waals surface area contributed by atoms with E-state index in [1.54, 1.807) is 6.07 Å². The zero-order chi connectivity index (χ0) is 12.6. The number of benzene rings is 1. The van der Waals surface area contributed by atoms with Crippen LogP contribution in [-0.2, 0) is 12.6 Å². The summed E-state index contributed by atoms with van der Waals surface area (Å²) in [5.74, 6) is 0. The van der Waals surface area contributed by atoms with Gasteiger partial charge in [0.25, 0.3) is 0 Å². The molecule has 0 radical (unpaired) electrons. The predicted molar refractivity (Wildman–Crippen MR) is 61.4 cm³/mol. The van der Waals surface area contributed by atoms with E-state index in [9.17, 15) is 13.2 Å². The quantitative estimate of drug-likeness (QED) is 0.682. The maximum absolute atomic E-state index is 12.3. The molecule has 0 fully saturated rings. The Morgan fingerprint density at radius 1 is 1.12 bits per heavy atom. The van der Waals surface area contributed by atoms with Crippen molar-refractivity contribution < 1.29 is 13.2 Å².